The monoisotopic (exact) mass is 330 g/mol. The second-order valence-corrected chi connectivity index (χ2v) is 4.32. The first-order valence-electron chi connectivity index (χ1n) is 4.50. The van der Waals surface area contributed by atoms with Gasteiger partial charge in [0.05, 0.1) is 17.7 Å². The fourth-order valence-electron chi connectivity index (χ4n) is 1.21. The molecule has 0 saturated carbocycles. The molecule has 0 aromatic heterocycles. The van der Waals surface area contributed by atoms with E-state index in [0.29, 0.717) is 6.07 Å². The molecule has 0 aliphatic carbocycles. The van der Waals surface area contributed by atoms with Gasteiger partial charge in [-0.05, 0) is 35.0 Å². The molecule has 0 N–H and O–H groups in total. The second-order valence-electron chi connectivity index (χ2n) is 3.03. The standard InChI is InChI=1S/C10H7BrClF3O2/c1-2-17-9(16)8-6(10(13,14)15)3-5(12)4-7(8)11/h3-4H,2H2,1H3. The molecule has 0 atom stereocenters. The average molecular weight is 332 g/mol. The number of halogens is 5. The van der Waals surface area contributed by atoms with Gasteiger partial charge in [-0.15, -0.1) is 0 Å². The molecule has 17 heavy (non-hydrogen) atoms. The number of alkyl halides is 3. The van der Waals surface area contributed by atoms with E-state index in [-0.39, 0.29) is 16.1 Å². The summed E-state index contributed by atoms with van der Waals surface area (Å²) in [6, 6.07) is 1.90. The normalized spacial score (nSPS) is 11.4. The highest BCUT2D eigenvalue weighted by Gasteiger charge is 2.37. The first-order valence-corrected chi connectivity index (χ1v) is 5.67. The number of hydrogen-bond acceptors (Lipinski definition) is 2. The van der Waals surface area contributed by atoms with Crippen molar-refractivity contribution in [2.24, 2.45) is 0 Å². The van der Waals surface area contributed by atoms with Crippen LogP contribution in [0.3, 0.4) is 0 Å². The van der Waals surface area contributed by atoms with E-state index in [1.54, 1.807) is 0 Å². The van der Waals surface area contributed by atoms with Crippen molar-refractivity contribution in [2.75, 3.05) is 6.61 Å². The maximum absolute atomic E-state index is 12.7. The number of carbonyl (C=O) groups is 1. The Bertz CT molecular complexity index is 446. The van der Waals surface area contributed by atoms with Gasteiger partial charge in [0, 0.05) is 9.50 Å². The lowest BCUT2D eigenvalue weighted by Crippen LogP contribution is -2.16. The number of ether oxygens (including phenoxy) is 1. The lowest BCUT2D eigenvalue weighted by atomic mass is 10.1. The Kier molecular flexibility index (Phi) is 4.43. The zero-order chi connectivity index (χ0) is 13.2. The number of carbonyl (C=O) groups excluding carboxylic acids is 1. The molecule has 0 bridgehead atoms. The van der Waals surface area contributed by atoms with Crippen LogP contribution in [0.15, 0.2) is 16.6 Å². The van der Waals surface area contributed by atoms with Crippen molar-refractivity contribution < 1.29 is 22.7 Å². The summed E-state index contributed by atoms with van der Waals surface area (Å²) >= 11 is 8.40. The van der Waals surface area contributed by atoms with E-state index in [2.05, 4.69) is 20.7 Å². The molecule has 0 heterocycles. The molecular weight excluding hydrogens is 324 g/mol. The second kappa shape index (κ2) is 5.27. The Labute approximate surface area is 109 Å². The molecule has 0 fully saturated rings. The molecule has 1 rings (SSSR count). The Balaban J connectivity index is 3.41. The van der Waals surface area contributed by atoms with Crippen LogP contribution >= 0.6 is 27.5 Å². The SMILES string of the molecule is CCOC(=O)c1c(Br)cc(Cl)cc1C(F)(F)F. The van der Waals surface area contributed by atoms with E-state index in [0.717, 1.165) is 0 Å². The third kappa shape index (κ3) is 3.35. The summed E-state index contributed by atoms with van der Waals surface area (Å²) in [6.07, 6.45) is -4.67. The lowest BCUT2D eigenvalue weighted by Gasteiger charge is -2.14. The molecule has 0 spiro atoms. The molecule has 7 heteroatoms. The molecule has 0 aliphatic heterocycles. The number of benzene rings is 1. The smallest absolute Gasteiger partial charge is 0.417 e. The predicted octanol–water partition coefficient (Wildman–Crippen LogP) is 4.30. The maximum Gasteiger partial charge on any atom is 0.417 e. The molecule has 0 radical (unpaired) electrons. The van der Waals surface area contributed by atoms with Crippen molar-refractivity contribution in [3.8, 4) is 0 Å². The van der Waals surface area contributed by atoms with Crippen molar-refractivity contribution in [3.05, 3.63) is 32.8 Å². The Morgan fingerprint density at radius 1 is 1.47 bits per heavy atom. The Hall–Kier alpha value is -0.750. The molecule has 0 unspecified atom stereocenters. The minimum absolute atomic E-state index is 0.00873. The van der Waals surface area contributed by atoms with Gasteiger partial charge >= 0.3 is 12.1 Å². The third-order valence-electron chi connectivity index (χ3n) is 1.84. The highest BCUT2D eigenvalue weighted by atomic mass is 79.9. The van der Waals surface area contributed by atoms with Gasteiger partial charge in [-0.25, -0.2) is 4.79 Å². The highest BCUT2D eigenvalue weighted by Crippen LogP contribution is 2.37. The molecule has 0 aliphatic rings. The lowest BCUT2D eigenvalue weighted by molar-refractivity contribution is -0.138. The maximum atomic E-state index is 12.7. The minimum atomic E-state index is -4.67. The summed E-state index contributed by atoms with van der Waals surface area (Å²) < 4.78 is 42.7. The topological polar surface area (TPSA) is 26.3 Å². The van der Waals surface area contributed by atoms with Crippen LogP contribution in [0.4, 0.5) is 13.2 Å². The van der Waals surface area contributed by atoms with Crippen molar-refractivity contribution >= 4 is 33.5 Å². The third-order valence-corrected chi connectivity index (χ3v) is 2.68. The average Bonchev–Trinajstić information content (AvgIpc) is 2.15. The van der Waals surface area contributed by atoms with Gasteiger partial charge < -0.3 is 4.74 Å². The van der Waals surface area contributed by atoms with Gasteiger partial charge in [0.25, 0.3) is 0 Å². The van der Waals surface area contributed by atoms with Crippen LogP contribution < -0.4 is 0 Å². The zero-order valence-electron chi connectivity index (χ0n) is 8.57. The van der Waals surface area contributed by atoms with Crippen molar-refractivity contribution in [1.82, 2.24) is 0 Å². The van der Waals surface area contributed by atoms with E-state index in [9.17, 15) is 18.0 Å². The van der Waals surface area contributed by atoms with Crippen molar-refractivity contribution in [1.29, 1.82) is 0 Å². The number of hydrogen-bond donors (Lipinski definition) is 0. The Morgan fingerprint density at radius 2 is 2.06 bits per heavy atom. The van der Waals surface area contributed by atoms with E-state index in [1.165, 1.54) is 13.0 Å². The zero-order valence-corrected chi connectivity index (χ0v) is 10.9. The van der Waals surface area contributed by atoms with Gasteiger partial charge in [0.2, 0.25) is 0 Å². The van der Waals surface area contributed by atoms with Crippen molar-refractivity contribution in [3.63, 3.8) is 0 Å². The first-order chi connectivity index (χ1) is 7.77. The summed E-state index contributed by atoms with van der Waals surface area (Å²) in [6.45, 7) is 1.50. The van der Waals surface area contributed by atoms with E-state index in [4.69, 9.17) is 11.6 Å². The number of esters is 1. The van der Waals surface area contributed by atoms with Crippen molar-refractivity contribution in [2.45, 2.75) is 13.1 Å². The number of rotatable bonds is 2. The van der Waals surface area contributed by atoms with E-state index >= 15 is 0 Å². The van der Waals surface area contributed by atoms with Crippen LogP contribution in [0, 0.1) is 0 Å². The fraction of sp³-hybridized carbons (Fsp3) is 0.300. The molecule has 0 amide bonds. The van der Waals surface area contributed by atoms with Crippen LogP contribution in [0.1, 0.15) is 22.8 Å². The molecule has 0 saturated heterocycles. The summed E-state index contributed by atoms with van der Waals surface area (Å²) in [5.41, 5.74) is -1.68. The molecule has 94 valence electrons. The summed E-state index contributed by atoms with van der Waals surface area (Å²) in [5, 5.41) is -0.114. The van der Waals surface area contributed by atoms with Gasteiger partial charge in [-0.3, -0.25) is 0 Å². The van der Waals surface area contributed by atoms with E-state index in [1.807, 2.05) is 0 Å². The first kappa shape index (κ1) is 14.3. The Morgan fingerprint density at radius 3 is 2.53 bits per heavy atom. The molecule has 1 aromatic rings. The molecule has 1 aromatic carbocycles. The molecule has 2 nitrogen and oxygen atoms in total. The predicted molar refractivity (Wildman–Crippen MR) is 60.1 cm³/mol. The summed E-state index contributed by atoms with van der Waals surface area (Å²) in [7, 11) is 0. The largest absolute Gasteiger partial charge is 0.462 e. The van der Waals surface area contributed by atoms with Gasteiger partial charge in [-0.2, -0.15) is 13.2 Å². The van der Waals surface area contributed by atoms with Gasteiger partial charge in [0.1, 0.15) is 0 Å². The van der Waals surface area contributed by atoms with Crippen LogP contribution in [0.5, 0.6) is 0 Å². The van der Waals surface area contributed by atoms with Crippen LogP contribution in [0.25, 0.3) is 0 Å². The van der Waals surface area contributed by atoms with Crippen LogP contribution in [0.2, 0.25) is 5.02 Å². The molecular formula is C10H7BrClF3O2. The summed E-state index contributed by atoms with van der Waals surface area (Å²) in [4.78, 5) is 11.4. The van der Waals surface area contributed by atoms with Gasteiger partial charge in [0.15, 0.2) is 0 Å². The van der Waals surface area contributed by atoms with E-state index < -0.39 is 23.3 Å². The minimum Gasteiger partial charge on any atom is -0.462 e. The quantitative estimate of drug-likeness (QED) is 0.755. The van der Waals surface area contributed by atoms with Crippen LogP contribution in [-0.4, -0.2) is 12.6 Å². The van der Waals surface area contributed by atoms with Crippen LogP contribution in [-0.2, 0) is 10.9 Å². The fourth-order valence-corrected chi connectivity index (χ4v) is 2.18. The highest BCUT2D eigenvalue weighted by molar-refractivity contribution is 9.10. The summed E-state index contributed by atoms with van der Waals surface area (Å²) in [5.74, 6) is -1.04. The van der Waals surface area contributed by atoms with Gasteiger partial charge in [-0.1, -0.05) is 11.6 Å².